The third-order valence-electron chi connectivity index (χ3n) is 6.86. The molecule has 204 valence electrons. The summed E-state index contributed by atoms with van der Waals surface area (Å²) in [5.74, 6) is 0.0430. The molecule has 1 aliphatic carbocycles. The highest BCUT2D eigenvalue weighted by Gasteiger charge is 2.57. The van der Waals surface area contributed by atoms with Crippen LogP contribution in [-0.2, 0) is 11.3 Å². The molecular weight excluding hydrogens is 503 g/mol. The van der Waals surface area contributed by atoms with Gasteiger partial charge in [0.2, 0.25) is 5.95 Å². The van der Waals surface area contributed by atoms with Gasteiger partial charge < -0.3 is 24.6 Å². The molecule has 0 atom stereocenters. The monoisotopic (exact) mass is 533 g/mol. The number of likely N-dealkylation sites (tertiary alicyclic amines) is 2. The van der Waals surface area contributed by atoms with Crippen LogP contribution in [-0.4, -0.2) is 68.9 Å². The van der Waals surface area contributed by atoms with Crippen LogP contribution >= 0.6 is 0 Å². The summed E-state index contributed by atoms with van der Waals surface area (Å²) in [5, 5.41) is 2.99. The highest BCUT2D eigenvalue weighted by molar-refractivity contribution is 5.95. The predicted molar refractivity (Wildman–Crippen MR) is 131 cm³/mol. The summed E-state index contributed by atoms with van der Waals surface area (Å²) in [6, 6.07) is 4.63. The number of carbonyl (C=O) groups excluding carboxylic acids is 2. The van der Waals surface area contributed by atoms with Crippen molar-refractivity contribution in [2.75, 3.05) is 25.0 Å². The topological polar surface area (TPSA) is 96.9 Å². The van der Waals surface area contributed by atoms with Crippen molar-refractivity contribution >= 4 is 17.9 Å². The van der Waals surface area contributed by atoms with Gasteiger partial charge in [0.15, 0.2) is 0 Å². The second kappa shape index (κ2) is 9.32. The Morgan fingerprint density at radius 2 is 1.79 bits per heavy atom. The normalized spacial score (nSPS) is 18.5. The lowest BCUT2D eigenvalue weighted by Crippen LogP contribution is -2.78. The Labute approximate surface area is 218 Å². The largest absolute Gasteiger partial charge is 0.573 e. The fraction of sp³-hybridized carbons (Fsp3) is 0.538. The van der Waals surface area contributed by atoms with Gasteiger partial charge in [0.05, 0.1) is 11.1 Å². The minimum atomic E-state index is -4.76. The summed E-state index contributed by atoms with van der Waals surface area (Å²) in [7, 11) is 0. The number of aromatic nitrogens is 2. The van der Waals surface area contributed by atoms with Crippen molar-refractivity contribution in [2.45, 2.75) is 70.0 Å². The molecule has 2 saturated heterocycles. The molecule has 2 amide bonds. The van der Waals surface area contributed by atoms with E-state index in [2.05, 4.69) is 20.0 Å². The van der Waals surface area contributed by atoms with E-state index in [9.17, 15) is 22.8 Å². The summed E-state index contributed by atoms with van der Waals surface area (Å²) in [5.41, 5.74) is 0.783. The van der Waals surface area contributed by atoms with Gasteiger partial charge in [0.25, 0.3) is 5.91 Å². The minimum absolute atomic E-state index is 0.192. The zero-order valence-electron chi connectivity index (χ0n) is 21.5. The molecule has 1 aromatic heterocycles. The Balaban J connectivity index is 1.18. The first-order valence-corrected chi connectivity index (χ1v) is 12.6. The molecule has 1 N–H and O–H groups in total. The number of rotatable bonds is 6. The molecule has 3 aliphatic rings. The molecule has 2 aliphatic heterocycles. The average Bonchev–Trinajstić information content (AvgIpc) is 3.59. The van der Waals surface area contributed by atoms with Crippen LogP contribution in [0.4, 0.5) is 23.9 Å². The van der Waals surface area contributed by atoms with E-state index in [0.717, 1.165) is 24.8 Å². The molecule has 5 rings (SSSR count). The van der Waals surface area contributed by atoms with Crippen LogP contribution in [0.2, 0.25) is 0 Å². The van der Waals surface area contributed by atoms with Crippen molar-refractivity contribution in [2.24, 2.45) is 0 Å². The quantitative estimate of drug-likeness (QED) is 0.575. The predicted octanol–water partition coefficient (Wildman–Crippen LogP) is 4.70. The van der Waals surface area contributed by atoms with E-state index in [4.69, 9.17) is 4.74 Å². The van der Waals surface area contributed by atoms with Gasteiger partial charge >= 0.3 is 12.5 Å². The molecule has 0 radical (unpaired) electrons. The summed E-state index contributed by atoms with van der Waals surface area (Å²) >= 11 is 0. The van der Waals surface area contributed by atoms with Gasteiger partial charge in [0.1, 0.15) is 11.4 Å². The Morgan fingerprint density at radius 3 is 2.34 bits per heavy atom. The number of benzene rings is 1. The minimum Gasteiger partial charge on any atom is -0.444 e. The van der Waals surface area contributed by atoms with Crippen molar-refractivity contribution < 1.29 is 32.2 Å². The summed E-state index contributed by atoms with van der Waals surface area (Å²) < 4.78 is 47.8. The third-order valence-corrected chi connectivity index (χ3v) is 6.86. The zero-order chi connectivity index (χ0) is 27.3. The van der Waals surface area contributed by atoms with E-state index in [1.165, 1.54) is 24.5 Å². The van der Waals surface area contributed by atoms with E-state index < -0.39 is 12.0 Å². The molecule has 9 nitrogen and oxygen atoms in total. The molecular formula is C26H30F3N5O4. The fourth-order valence-corrected chi connectivity index (χ4v) is 4.81. The van der Waals surface area contributed by atoms with E-state index in [-0.39, 0.29) is 41.7 Å². The Bertz CT molecular complexity index is 1220. The molecule has 12 heteroatoms. The number of anilines is 1. The van der Waals surface area contributed by atoms with Gasteiger partial charge in [0, 0.05) is 38.6 Å². The second-order valence-electron chi connectivity index (χ2n) is 11.1. The standard InChI is InChI=1S/C26H30F3N5O4/c1-24(2,3)38-23(36)33-14-25(15-33)6-7-34(25)21(35)19-12-31-22(32-13-19)30-11-16-8-18(17-4-5-17)10-20(9-16)37-26(27,28)29/h8-10,12-13,17H,4-7,11,14-15H2,1-3H3,(H,30,31,32). The Morgan fingerprint density at radius 1 is 1.11 bits per heavy atom. The first kappa shape index (κ1) is 26.1. The summed E-state index contributed by atoms with van der Waals surface area (Å²) in [6.07, 6.45) is 0.385. The number of alkyl halides is 3. The van der Waals surface area contributed by atoms with Crippen LogP contribution in [0.1, 0.15) is 67.4 Å². The molecule has 0 unspecified atom stereocenters. The number of hydrogen-bond acceptors (Lipinski definition) is 7. The lowest BCUT2D eigenvalue weighted by atomic mass is 9.77. The molecule has 0 bridgehead atoms. The molecule has 3 heterocycles. The van der Waals surface area contributed by atoms with Gasteiger partial charge in [-0.25, -0.2) is 14.8 Å². The van der Waals surface area contributed by atoms with Gasteiger partial charge in [-0.1, -0.05) is 6.07 Å². The number of nitrogens with zero attached hydrogens (tertiary/aromatic N) is 4. The van der Waals surface area contributed by atoms with Crippen molar-refractivity contribution in [3.63, 3.8) is 0 Å². The maximum Gasteiger partial charge on any atom is 0.573 e. The van der Waals surface area contributed by atoms with Gasteiger partial charge in [-0.15, -0.1) is 13.2 Å². The SMILES string of the molecule is CC(C)(C)OC(=O)N1CC2(CCN2C(=O)c2cnc(NCc3cc(OC(F)(F)F)cc(C4CC4)c3)nc2)C1. The van der Waals surface area contributed by atoms with E-state index in [1.807, 2.05) is 26.8 Å². The van der Waals surface area contributed by atoms with E-state index in [0.29, 0.717) is 30.8 Å². The van der Waals surface area contributed by atoms with Crippen molar-refractivity contribution in [1.29, 1.82) is 0 Å². The van der Waals surface area contributed by atoms with Crippen molar-refractivity contribution in [1.82, 2.24) is 19.8 Å². The number of nitrogens with one attached hydrogen (secondary N) is 1. The summed E-state index contributed by atoms with van der Waals surface area (Å²) in [6.45, 7) is 7.05. The smallest absolute Gasteiger partial charge is 0.444 e. The van der Waals surface area contributed by atoms with Gasteiger partial charge in [-0.05, 0) is 69.2 Å². The van der Waals surface area contributed by atoms with Crippen LogP contribution in [0.25, 0.3) is 0 Å². The first-order chi connectivity index (χ1) is 17.8. The second-order valence-corrected chi connectivity index (χ2v) is 11.1. The lowest BCUT2D eigenvalue weighted by molar-refractivity contribution is -0.274. The molecule has 38 heavy (non-hydrogen) atoms. The van der Waals surface area contributed by atoms with Gasteiger partial charge in [-0.2, -0.15) is 0 Å². The van der Waals surface area contributed by atoms with E-state index in [1.54, 1.807) is 9.80 Å². The van der Waals surface area contributed by atoms with Crippen LogP contribution in [0.15, 0.2) is 30.6 Å². The summed E-state index contributed by atoms with van der Waals surface area (Å²) in [4.78, 5) is 37.1. The molecule has 1 saturated carbocycles. The molecule has 1 aromatic carbocycles. The Hall–Kier alpha value is -3.57. The van der Waals surface area contributed by atoms with Crippen LogP contribution in [0.3, 0.4) is 0 Å². The van der Waals surface area contributed by atoms with Crippen LogP contribution in [0, 0.1) is 0 Å². The van der Waals surface area contributed by atoms with E-state index >= 15 is 0 Å². The maximum absolute atomic E-state index is 13.1. The number of ether oxygens (including phenoxy) is 2. The number of amides is 2. The average molecular weight is 534 g/mol. The van der Waals surface area contributed by atoms with Crippen LogP contribution in [0.5, 0.6) is 5.75 Å². The van der Waals surface area contributed by atoms with Gasteiger partial charge in [-0.3, -0.25) is 4.79 Å². The maximum atomic E-state index is 13.1. The Kier molecular flexibility index (Phi) is 6.39. The zero-order valence-corrected chi connectivity index (χ0v) is 21.5. The first-order valence-electron chi connectivity index (χ1n) is 12.6. The number of hydrogen-bond donors (Lipinski definition) is 1. The van der Waals surface area contributed by atoms with Crippen molar-refractivity contribution in [3.05, 3.63) is 47.3 Å². The number of carbonyl (C=O) groups is 2. The van der Waals surface area contributed by atoms with Crippen LogP contribution < -0.4 is 10.1 Å². The highest BCUT2D eigenvalue weighted by Crippen LogP contribution is 2.42. The molecule has 3 fully saturated rings. The molecule has 1 spiro atoms. The molecule has 2 aromatic rings. The highest BCUT2D eigenvalue weighted by atomic mass is 19.4. The lowest BCUT2D eigenvalue weighted by Gasteiger charge is -2.61. The number of halogens is 3. The third kappa shape index (κ3) is 5.78. The van der Waals surface area contributed by atoms with Crippen molar-refractivity contribution in [3.8, 4) is 5.75 Å². The fourth-order valence-electron chi connectivity index (χ4n) is 4.81.